The van der Waals surface area contributed by atoms with Crippen molar-refractivity contribution in [2.75, 3.05) is 6.54 Å². The molecule has 0 aromatic carbocycles. The Hall–Kier alpha value is -2.62. The Morgan fingerprint density at radius 2 is 2.30 bits per heavy atom. The maximum Gasteiger partial charge on any atom is 0.270 e. The van der Waals surface area contributed by atoms with E-state index in [2.05, 4.69) is 15.3 Å². The Kier molecular flexibility index (Phi) is 3.37. The summed E-state index contributed by atoms with van der Waals surface area (Å²) < 4.78 is 1.86. The van der Waals surface area contributed by atoms with Crippen LogP contribution in [-0.2, 0) is 6.54 Å². The summed E-state index contributed by atoms with van der Waals surface area (Å²) in [5.41, 5.74) is 2.03. The first-order valence-electron chi connectivity index (χ1n) is 8.04. The number of rotatable bonds is 4. The minimum Gasteiger partial charge on any atom is -0.356 e. The maximum absolute atomic E-state index is 12.6. The number of hydrogen-bond donors (Lipinski definition) is 1. The fraction of sp³-hybridized carbons (Fsp3) is 0.500. The number of carbonyl (C=O) groups excluding carboxylic acids is 1. The zero-order chi connectivity index (χ0) is 15.8. The molecule has 0 radical (unpaired) electrons. The second kappa shape index (κ2) is 5.54. The van der Waals surface area contributed by atoms with Crippen LogP contribution in [0.2, 0.25) is 0 Å². The highest BCUT2D eigenvalue weighted by atomic mass is 16.2. The van der Waals surface area contributed by atoms with Gasteiger partial charge in [0.1, 0.15) is 11.8 Å². The average molecular weight is 310 g/mol. The van der Waals surface area contributed by atoms with Crippen molar-refractivity contribution in [2.45, 2.75) is 44.2 Å². The number of amides is 1. The lowest BCUT2D eigenvalue weighted by atomic mass is 10.2. The molecule has 7 heteroatoms. The molecule has 4 rings (SSSR count). The Labute approximate surface area is 133 Å². The summed E-state index contributed by atoms with van der Waals surface area (Å²) in [7, 11) is 0. The van der Waals surface area contributed by atoms with Gasteiger partial charge in [0.2, 0.25) is 0 Å². The van der Waals surface area contributed by atoms with Crippen LogP contribution in [0.5, 0.6) is 0 Å². The molecule has 1 atom stereocenters. The first-order valence-corrected chi connectivity index (χ1v) is 8.04. The fourth-order valence-electron chi connectivity index (χ4n) is 3.21. The summed E-state index contributed by atoms with van der Waals surface area (Å²) >= 11 is 0. The molecule has 1 aliphatic heterocycles. The van der Waals surface area contributed by atoms with E-state index in [4.69, 9.17) is 5.26 Å². The van der Waals surface area contributed by atoms with E-state index < -0.39 is 0 Å². The van der Waals surface area contributed by atoms with Crippen LogP contribution in [0.25, 0.3) is 0 Å². The molecular formula is C16H18N6O. The van der Waals surface area contributed by atoms with Crippen LogP contribution in [-0.4, -0.2) is 43.4 Å². The van der Waals surface area contributed by atoms with Gasteiger partial charge in [0.05, 0.1) is 23.8 Å². The highest BCUT2D eigenvalue weighted by molar-refractivity contribution is 5.93. The second-order valence-corrected chi connectivity index (χ2v) is 6.35. The second-order valence-electron chi connectivity index (χ2n) is 6.35. The summed E-state index contributed by atoms with van der Waals surface area (Å²) in [6.45, 7) is 1.42. The number of nitriles is 1. The lowest BCUT2D eigenvalue weighted by Gasteiger charge is -2.24. The van der Waals surface area contributed by atoms with Crippen LogP contribution in [0.1, 0.15) is 53.3 Å². The van der Waals surface area contributed by atoms with Gasteiger partial charge in [0.15, 0.2) is 0 Å². The molecule has 1 amide bonds. The van der Waals surface area contributed by atoms with Gasteiger partial charge in [0, 0.05) is 24.9 Å². The van der Waals surface area contributed by atoms with Gasteiger partial charge in [-0.15, -0.1) is 5.10 Å². The smallest absolute Gasteiger partial charge is 0.270 e. The zero-order valence-corrected chi connectivity index (χ0v) is 12.8. The Morgan fingerprint density at radius 1 is 1.43 bits per heavy atom. The molecule has 0 unspecified atom stereocenters. The Morgan fingerprint density at radius 3 is 3.04 bits per heavy atom. The number of carbonyl (C=O) groups is 1. The van der Waals surface area contributed by atoms with E-state index in [9.17, 15) is 4.79 Å². The highest BCUT2D eigenvalue weighted by Gasteiger charge is 2.31. The van der Waals surface area contributed by atoms with E-state index in [-0.39, 0.29) is 11.9 Å². The lowest BCUT2D eigenvalue weighted by Crippen LogP contribution is -2.38. The van der Waals surface area contributed by atoms with Crippen LogP contribution in [0.15, 0.2) is 18.5 Å². The summed E-state index contributed by atoms with van der Waals surface area (Å²) in [5.74, 6) is 0.546. The van der Waals surface area contributed by atoms with Gasteiger partial charge in [0.25, 0.3) is 5.91 Å². The number of aromatic nitrogens is 4. The number of aromatic amines is 1. The number of nitrogens with zero attached hydrogens (tertiary/aromatic N) is 5. The van der Waals surface area contributed by atoms with Gasteiger partial charge in [-0.1, -0.05) is 5.21 Å². The van der Waals surface area contributed by atoms with Crippen molar-refractivity contribution in [3.63, 3.8) is 0 Å². The first-order chi connectivity index (χ1) is 11.2. The molecule has 1 saturated heterocycles. The minimum absolute atomic E-state index is 0.0449. The normalized spacial score (nSPS) is 20.7. The van der Waals surface area contributed by atoms with E-state index in [1.165, 1.54) is 12.8 Å². The van der Waals surface area contributed by atoms with Gasteiger partial charge < -0.3 is 9.88 Å². The molecule has 23 heavy (non-hydrogen) atoms. The monoisotopic (exact) mass is 310 g/mol. The molecule has 3 heterocycles. The van der Waals surface area contributed by atoms with Crippen molar-refractivity contribution in [3.05, 3.63) is 35.4 Å². The highest BCUT2D eigenvalue weighted by Crippen LogP contribution is 2.38. The van der Waals surface area contributed by atoms with Crippen molar-refractivity contribution in [2.24, 2.45) is 0 Å². The summed E-state index contributed by atoms with van der Waals surface area (Å²) in [6.07, 6.45) is 7.96. The molecule has 2 aromatic rings. The largest absolute Gasteiger partial charge is 0.356 e. The van der Waals surface area contributed by atoms with E-state index in [1.54, 1.807) is 12.3 Å². The Balaban J connectivity index is 1.47. The van der Waals surface area contributed by atoms with E-state index in [0.717, 1.165) is 25.1 Å². The standard InChI is InChI=1S/C16H18N6O/c17-7-11-6-14(18-8-11)16(23)22-5-1-2-13(22)9-21-10-15(19-20-21)12-3-4-12/h6,8,10,12-13,18H,1-5,9H2/t13-/m0/s1. The molecule has 0 spiro atoms. The van der Waals surface area contributed by atoms with Crippen molar-refractivity contribution in [1.82, 2.24) is 24.9 Å². The zero-order valence-electron chi connectivity index (χ0n) is 12.8. The van der Waals surface area contributed by atoms with Gasteiger partial charge in [-0.05, 0) is 31.7 Å². The van der Waals surface area contributed by atoms with Crippen LogP contribution in [0.3, 0.4) is 0 Å². The van der Waals surface area contributed by atoms with Gasteiger partial charge >= 0.3 is 0 Å². The van der Waals surface area contributed by atoms with Crippen LogP contribution >= 0.6 is 0 Å². The molecule has 2 fully saturated rings. The fourth-order valence-corrected chi connectivity index (χ4v) is 3.21. The van der Waals surface area contributed by atoms with Crippen molar-refractivity contribution in [3.8, 4) is 6.07 Å². The predicted octanol–water partition coefficient (Wildman–Crippen LogP) is 1.66. The van der Waals surface area contributed by atoms with Crippen LogP contribution < -0.4 is 0 Å². The molecule has 7 nitrogen and oxygen atoms in total. The SMILES string of the molecule is N#Cc1c[nH]c(C(=O)N2CCC[C@H]2Cn2cc(C3CC3)nn2)c1. The number of nitrogens with one attached hydrogen (secondary N) is 1. The molecular weight excluding hydrogens is 292 g/mol. The van der Waals surface area contributed by atoms with Crippen molar-refractivity contribution < 1.29 is 4.79 Å². The third-order valence-corrected chi connectivity index (χ3v) is 4.63. The molecule has 118 valence electrons. The molecule has 1 N–H and O–H groups in total. The third kappa shape index (κ3) is 2.72. The predicted molar refractivity (Wildman–Crippen MR) is 81.6 cm³/mol. The topological polar surface area (TPSA) is 90.6 Å². The number of hydrogen-bond acceptors (Lipinski definition) is 4. The lowest BCUT2D eigenvalue weighted by molar-refractivity contribution is 0.0716. The van der Waals surface area contributed by atoms with E-state index in [1.807, 2.05) is 21.8 Å². The summed E-state index contributed by atoms with van der Waals surface area (Å²) in [5, 5.41) is 17.3. The van der Waals surface area contributed by atoms with E-state index in [0.29, 0.717) is 23.7 Å². The van der Waals surface area contributed by atoms with Gasteiger partial charge in [-0.3, -0.25) is 9.48 Å². The van der Waals surface area contributed by atoms with Gasteiger partial charge in [-0.25, -0.2) is 0 Å². The van der Waals surface area contributed by atoms with E-state index >= 15 is 0 Å². The molecule has 0 bridgehead atoms. The summed E-state index contributed by atoms with van der Waals surface area (Å²) in [6, 6.07) is 3.78. The quantitative estimate of drug-likeness (QED) is 0.929. The average Bonchev–Trinajstić information content (AvgIpc) is 2.99. The maximum atomic E-state index is 12.6. The number of likely N-dealkylation sites (tertiary alicyclic amines) is 1. The molecule has 1 aliphatic carbocycles. The van der Waals surface area contributed by atoms with Crippen molar-refractivity contribution >= 4 is 5.91 Å². The minimum atomic E-state index is -0.0449. The number of H-pyrrole nitrogens is 1. The molecule has 1 saturated carbocycles. The summed E-state index contributed by atoms with van der Waals surface area (Å²) in [4.78, 5) is 17.4. The van der Waals surface area contributed by atoms with Crippen molar-refractivity contribution in [1.29, 1.82) is 5.26 Å². The van der Waals surface area contributed by atoms with Crippen LogP contribution in [0.4, 0.5) is 0 Å². The molecule has 2 aliphatic rings. The Bertz CT molecular complexity index is 766. The third-order valence-electron chi connectivity index (χ3n) is 4.63. The van der Waals surface area contributed by atoms with Crippen LogP contribution in [0, 0.1) is 11.3 Å². The van der Waals surface area contributed by atoms with Gasteiger partial charge in [-0.2, -0.15) is 5.26 Å². The molecule has 2 aromatic heterocycles. The first kappa shape index (κ1) is 14.0.